The molecule has 0 heterocycles. The summed E-state index contributed by atoms with van der Waals surface area (Å²) in [5.41, 5.74) is 0. The molecule has 0 amide bonds. The van der Waals surface area contributed by atoms with Gasteiger partial charge in [-0.15, -0.1) is 0 Å². The number of hydrogen-bond acceptors (Lipinski definition) is 1. The van der Waals surface area contributed by atoms with Gasteiger partial charge in [0, 0.05) is 4.99 Å². The van der Waals surface area contributed by atoms with Gasteiger partial charge in [-0.05, 0) is 27.5 Å². The Morgan fingerprint density at radius 2 is 2.14 bits per heavy atom. The summed E-state index contributed by atoms with van der Waals surface area (Å²) in [5, 5.41) is -0.503. The summed E-state index contributed by atoms with van der Waals surface area (Å²) in [6, 6.07) is 0. The highest BCUT2D eigenvalue weighted by molar-refractivity contribution is 9.14. The van der Waals surface area contributed by atoms with Crippen LogP contribution >= 0.6 is 43.5 Å². The van der Waals surface area contributed by atoms with E-state index in [1.54, 1.807) is 0 Å². The first-order valence-electron chi connectivity index (χ1n) is 1.34. The Labute approximate surface area is 63.0 Å². The molecule has 0 aromatic heterocycles. The molecule has 7 heavy (non-hydrogen) atoms. The van der Waals surface area contributed by atoms with Gasteiger partial charge >= 0.3 is 0 Å². The molecule has 0 aliphatic carbocycles. The zero-order chi connectivity index (χ0) is 5.86. The zero-order valence-corrected chi connectivity index (χ0v) is 7.05. The summed E-state index contributed by atoms with van der Waals surface area (Å²) in [5.74, 6) is 0. The average molecular weight is 248 g/mol. The average Bonchev–Trinajstić information content (AvgIpc) is 1.65. The molecule has 0 N–H and O–H groups in total. The minimum Gasteiger partial charge on any atom is -0.275 e. The third-order valence-electron chi connectivity index (χ3n) is 0.284. The molecule has 0 radical (unpaired) electrons. The Hall–Kier alpha value is 0.660. The van der Waals surface area contributed by atoms with Crippen LogP contribution in [0.3, 0.4) is 0 Å². The first-order chi connectivity index (χ1) is 3.18. The molecule has 0 aromatic carbocycles. The largest absolute Gasteiger partial charge is 0.275 e. The lowest BCUT2D eigenvalue weighted by Crippen LogP contribution is -1.79. The van der Waals surface area contributed by atoms with Gasteiger partial charge in [0.25, 0.3) is 5.24 Å². The number of halogens is 3. The van der Waals surface area contributed by atoms with Gasteiger partial charge in [0.1, 0.15) is 0 Å². The van der Waals surface area contributed by atoms with Crippen LogP contribution in [0.2, 0.25) is 0 Å². The van der Waals surface area contributed by atoms with E-state index in [1.165, 1.54) is 4.99 Å². The normalized spacial score (nSPS) is 11.6. The topological polar surface area (TPSA) is 17.1 Å². The van der Waals surface area contributed by atoms with Crippen molar-refractivity contribution in [1.82, 2.24) is 0 Å². The summed E-state index contributed by atoms with van der Waals surface area (Å²) in [7, 11) is 0. The number of allylic oxidation sites excluding steroid dienone is 1. The standard InChI is InChI=1S/C3HBr2ClO/c4-1-2(5)3(6)7/h1H/b2-1+. The van der Waals surface area contributed by atoms with Gasteiger partial charge in [0.15, 0.2) is 0 Å². The van der Waals surface area contributed by atoms with E-state index in [0.717, 1.165) is 0 Å². The number of hydrogen-bond donors (Lipinski definition) is 0. The lowest BCUT2D eigenvalue weighted by atomic mass is 10.7. The van der Waals surface area contributed by atoms with Crippen LogP contribution in [0.1, 0.15) is 0 Å². The van der Waals surface area contributed by atoms with Crippen molar-refractivity contribution in [2.75, 3.05) is 0 Å². The Morgan fingerprint density at radius 3 is 2.14 bits per heavy atom. The van der Waals surface area contributed by atoms with Gasteiger partial charge in [0.2, 0.25) is 0 Å². The summed E-state index contributed by atoms with van der Waals surface area (Å²) in [6.45, 7) is 0. The van der Waals surface area contributed by atoms with Crippen molar-refractivity contribution in [3.63, 3.8) is 0 Å². The van der Waals surface area contributed by atoms with Crippen molar-refractivity contribution in [3.8, 4) is 0 Å². The van der Waals surface area contributed by atoms with Crippen LogP contribution in [0.4, 0.5) is 0 Å². The summed E-state index contributed by atoms with van der Waals surface area (Å²) < 4.78 is 0.328. The van der Waals surface area contributed by atoms with Crippen molar-refractivity contribution in [3.05, 3.63) is 9.47 Å². The minimum absolute atomic E-state index is 0.328. The molecule has 4 heteroatoms. The Morgan fingerprint density at radius 1 is 1.71 bits per heavy atom. The molecule has 0 saturated carbocycles. The van der Waals surface area contributed by atoms with Crippen LogP contribution in [0.15, 0.2) is 9.47 Å². The number of rotatable bonds is 1. The van der Waals surface area contributed by atoms with Gasteiger partial charge in [-0.2, -0.15) is 0 Å². The molecular formula is C3HBr2ClO. The highest BCUT2D eigenvalue weighted by Crippen LogP contribution is 2.10. The maximum Gasteiger partial charge on any atom is 0.259 e. The van der Waals surface area contributed by atoms with E-state index in [2.05, 4.69) is 31.9 Å². The van der Waals surface area contributed by atoms with Crippen LogP contribution in [-0.2, 0) is 4.79 Å². The fourth-order valence-corrected chi connectivity index (χ4v) is 0.437. The molecule has 1 nitrogen and oxygen atoms in total. The second kappa shape index (κ2) is 3.64. The van der Waals surface area contributed by atoms with Crippen LogP contribution in [0.25, 0.3) is 0 Å². The van der Waals surface area contributed by atoms with Crippen molar-refractivity contribution < 1.29 is 4.79 Å². The summed E-state index contributed by atoms with van der Waals surface area (Å²) >= 11 is 10.7. The van der Waals surface area contributed by atoms with E-state index >= 15 is 0 Å². The minimum atomic E-state index is -0.503. The first kappa shape index (κ1) is 7.66. The van der Waals surface area contributed by atoms with Gasteiger partial charge < -0.3 is 0 Å². The smallest absolute Gasteiger partial charge is 0.259 e. The quantitative estimate of drug-likeness (QED) is 0.514. The van der Waals surface area contributed by atoms with Gasteiger partial charge in [0.05, 0.1) is 4.48 Å². The van der Waals surface area contributed by atoms with Crippen molar-refractivity contribution in [1.29, 1.82) is 0 Å². The Kier molecular flexibility index (Phi) is 3.98. The van der Waals surface area contributed by atoms with E-state index in [1.807, 2.05) is 0 Å². The summed E-state index contributed by atoms with van der Waals surface area (Å²) in [4.78, 5) is 11.4. The lowest BCUT2D eigenvalue weighted by Gasteiger charge is -1.78. The van der Waals surface area contributed by atoms with E-state index in [9.17, 15) is 4.79 Å². The molecule has 0 rings (SSSR count). The first-order valence-corrected chi connectivity index (χ1v) is 3.43. The molecule has 0 aliphatic heterocycles. The van der Waals surface area contributed by atoms with Crippen molar-refractivity contribution >= 4 is 48.7 Å². The van der Waals surface area contributed by atoms with E-state index in [0.29, 0.717) is 4.48 Å². The van der Waals surface area contributed by atoms with Crippen molar-refractivity contribution in [2.45, 2.75) is 0 Å². The van der Waals surface area contributed by atoms with E-state index < -0.39 is 5.24 Å². The van der Waals surface area contributed by atoms with Crippen LogP contribution in [0.5, 0.6) is 0 Å². The van der Waals surface area contributed by atoms with Gasteiger partial charge in [-0.25, -0.2) is 0 Å². The summed E-state index contributed by atoms with van der Waals surface area (Å²) in [6.07, 6.45) is 0. The highest BCUT2D eigenvalue weighted by Gasteiger charge is 1.96. The van der Waals surface area contributed by atoms with E-state index in [-0.39, 0.29) is 0 Å². The molecule has 0 aromatic rings. The lowest BCUT2D eigenvalue weighted by molar-refractivity contribution is -0.107. The predicted octanol–water partition coefficient (Wildman–Crippen LogP) is 2.38. The monoisotopic (exact) mass is 246 g/mol. The van der Waals surface area contributed by atoms with Crippen LogP contribution < -0.4 is 0 Å². The van der Waals surface area contributed by atoms with Gasteiger partial charge in [-0.1, -0.05) is 15.9 Å². The maximum atomic E-state index is 10.00. The maximum absolute atomic E-state index is 10.00. The fourth-order valence-electron chi connectivity index (χ4n) is 0.0429. The molecule has 0 saturated heterocycles. The Bertz CT molecular complexity index is 110. The van der Waals surface area contributed by atoms with Crippen LogP contribution in [-0.4, -0.2) is 5.24 Å². The second-order valence-corrected chi connectivity index (χ2v) is 2.39. The molecule has 40 valence electrons. The molecule has 0 unspecified atom stereocenters. The zero-order valence-electron chi connectivity index (χ0n) is 3.12. The number of carbonyl (C=O) groups is 1. The SMILES string of the molecule is O=C(Cl)/C(Br)=C\Br. The van der Waals surface area contributed by atoms with Crippen LogP contribution in [0, 0.1) is 0 Å². The third-order valence-corrected chi connectivity index (χ3v) is 2.38. The molecular weight excluding hydrogens is 247 g/mol. The third kappa shape index (κ3) is 3.26. The molecule has 0 aliphatic rings. The van der Waals surface area contributed by atoms with Crippen molar-refractivity contribution in [2.24, 2.45) is 0 Å². The fraction of sp³-hybridized carbons (Fsp3) is 0. The second-order valence-electron chi connectivity index (χ2n) is 0.731. The molecule has 0 atom stereocenters. The predicted molar refractivity (Wildman–Crippen MR) is 36.8 cm³/mol. The van der Waals surface area contributed by atoms with E-state index in [4.69, 9.17) is 11.6 Å². The molecule has 0 spiro atoms. The molecule has 0 fully saturated rings. The highest BCUT2D eigenvalue weighted by atomic mass is 79.9. The van der Waals surface area contributed by atoms with Gasteiger partial charge in [-0.3, -0.25) is 4.79 Å². The number of carbonyl (C=O) groups excluding carboxylic acids is 1. The molecule has 0 bridgehead atoms. The Balaban J connectivity index is 3.82.